The molecule has 2 aromatic heterocycles. The Balaban J connectivity index is 1.43. The second-order valence-corrected chi connectivity index (χ2v) is 8.62. The maximum atomic E-state index is 14.8. The van der Waals surface area contributed by atoms with Gasteiger partial charge in [0.05, 0.1) is 11.3 Å². The smallest absolute Gasteiger partial charge is 0.418 e. The molecule has 0 aliphatic heterocycles. The standard InChI is InChI=1S/C27H27F4N7O2/c1-3-37(4-2)13-14-38-17-33-36-25(38)23-16-19(11-12-32-23)40-24-10-9-18(15-21(24)28)34-26(39)35-22-8-6-5-7-20(22)27(29,30)31/h5-12,15-17H,3-4,13-14H2,1-2H3,(H2,34,35,39). The lowest BCUT2D eigenvalue weighted by molar-refractivity contribution is -0.136. The van der Waals surface area contributed by atoms with Gasteiger partial charge in [-0.1, -0.05) is 26.0 Å². The van der Waals surface area contributed by atoms with Crippen molar-refractivity contribution < 1.29 is 27.1 Å². The summed E-state index contributed by atoms with van der Waals surface area (Å²) in [6.07, 6.45) is -1.52. The molecule has 2 amide bonds. The number of benzene rings is 2. The first-order chi connectivity index (χ1) is 19.2. The molecule has 0 radical (unpaired) electrons. The van der Waals surface area contributed by atoms with E-state index in [-0.39, 0.29) is 11.4 Å². The van der Waals surface area contributed by atoms with Crippen LogP contribution in [0.3, 0.4) is 0 Å². The van der Waals surface area contributed by atoms with E-state index >= 15 is 0 Å². The van der Waals surface area contributed by atoms with E-state index in [4.69, 9.17) is 4.74 Å². The third-order valence-electron chi connectivity index (χ3n) is 6.03. The number of para-hydroxylation sites is 1. The molecule has 210 valence electrons. The fraction of sp³-hybridized carbons (Fsp3) is 0.259. The van der Waals surface area contributed by atoms with Crippen molar-refractivity contribution in [1.29, 1.82) is 0 Å². The van der Waals surface area contributed by atoms with Crippen LogP contribution < -0.4 is 15.4 Å². The Bertz CT molecular complexity index is 1450. The van der Waals surface area contributed by atoms with Gasteiger partial charge in [-0.3, -0.25) is 4.98 Å². The lowest BCUT2D eigenvalue weighted by Crippen LogP contribution is -2.27. The van der Waals surface area contributed by atoms with Gasteiger partial charge in [-0.2, -0.15) is 13.2 Å². The summed E-state index contributed by atoms with van der Waals surface area (Å²) >= 11 is 0. The Morgan fingerprint density at radius 3 is 2.55 bits per heavy atom. The number of urea groups is 1. The average molecular weight is 558 g/mol. The maximum Gasteiger partial charge on any atom is 0.418 e. The molecule has 0 spiro atoms. The van der Waals surface area contributed by atoms with Crippen LogP contribution in [-0.2, 0) is 12.7 Å². The number of nitrogens with one attached hydrogen (secondary N) is 2. The van der Waals surface area contributed by atoms with E-state index < -0.39 is 29.3 Å². The largest absolute Gasteiger partial charge is 0.454 e. The summed E-state index contributed by atoms with van der Waals surface area (Å²) in [4.78, 5) is 18.9. The second-order valence-electron chi connectivity index (χ2n) is 8.62. The number of carbonyl (C=O) groups excluding carboxylic acids is 1. The Morgan fingerprint density at radius 2 is 1.82 bits per heavy atom. The molecule has 0 aliphatic carbocycles. The Morgan fingerprint density at radius 1 is 1.05 bits per heavy atom. The average Bonchev–Trinajstić information content (AvgIpc) is 3.39. The molecule has 0 saturated heterocycles. The van der Waals surface area contributed by atoms with Crippen molar-refractivity contribution in [2.24, 2.45) is 0 Å². The molecular formula is C27H27F4N7O2. The molecule has 4 aromatic rings. The summed E-state index contributed by atoms with van der Waals surface area (Å²) in [7, 11) is 0. The van der Waals surface area contributed by atoms with Crippen molar-refractivity contribution in [3.05, 3.63) is 78.5 Å². The van der Waals surface area contributed by atoms with Gasteiger partial charge >= 0.3 is 12.2 Å². The highest BCUT2D eigenvalue weighted by Crippen LogP contribution is 2.35. The van der Waals surface area contributed by atoms with Crippen LogP contribution in [0.5, 0.6) is 11.5 Å². The van der Waals surface area contributed by atoms with Gasteiger partial charge in [-0.15, -0.1) is 10.2 Å². The highest BCUT2D eigenvalue weighted by atomic mass is 19.4. The van der Waals surface area contributed by atoms with E-state index in [0.717, 1.165) is 37.8 Å². The number of ether oxygens (including phenoxy) is 1. The summed E-state index contributed by atoms with van der Waals surface area (Å²) in [5.74, 6) is -0.0945. The fourth-order valence-corrected chi connectivity index (χ4v) is 3.92. The van der Waals surface area contributed by atoms with Gasteiger partial charge in [0.1, 0.15) is 17.8 Å². The molecule has 0 bridgehead atoms. The number of rotatable bonds is 10. The van der Waals surface area contributed by atoms with Gasteiger partial charge in [0.2, 0.25) is 0 Å². The van der Waals surface area contributed by atoms with E-state index in [1.54, 1.807) is 18.5 Å². The Labute approximate surface area is 227 Å². The Hall–Kier alpha value is -4.52. The molecule has 40 heavy (non-hydrogen) atoms. The highest BCUT2D eigenvalue weighted by molar-refractivity contribution is 6.00. The number of pyridine rings is 1. The molecule has 13 heteroatoms. The van der Waals surface area contributed by atoms with Gasteiger partial charge in [0, 0.05) is 37.1 Å². The number of anilines is 2. The van der Waals surface area contributed by atoms with E-state index in [1.165, 1.54) is 30.5 Å². The van der Waals surface area contributed by atoms with Gasteiger partial charge < -0.3 is 24.8 Å². The van der Waals surface area contributed by atoms with Crippen molar-refractivity contribution in [1.82, 2.24) is 24.6 Å². The lowest BCUT2D eigenvalue weighted by Gasteiger charge is -2.18. The molecule has 0 aliphatic rings. The monoisotopic (exact) mass is 557 g/mol. The third kappa shape index (κ3) is 7.11. The first kappa shape index (κ1) is 28.5. The fourth-order valence-electron chi connectivity index (χ4n) is 3.92. The van der Waals surface area contributed by atoms with Crippen molar-refractivity contribution >= 4 is 17.4 Å². The molecule has 2 aromatic carbocycles. The van der Waals surface area contributed by atoms with Crippen molar-refractivity contribution in [3.8, 4) is 23.0 Å². The molecule has 0 unspecified atom stereocenters. The number of halogens is 4. The van der Waals surface area contributed by atoms with Crippen LogP contribution in [0.25, 0.3) is 11.5 Å². The summed E-state index contributed by atoms with van der Waals surface area (Å²) in [5, 5.41) is 12.6. The van der Waals surface area contributed by atoms with Gasteiger partial charge in [-0.25, -0.2) is 9.18 Å². The van der Waals surface area contributed by atoms with Crippen molar-refractivity contribution in [2.45, 2.75) is 26.6 Å². The summed E-state index contributed by atoms with van der Waals surface area (Å²) in [6.45, 7) is 7.50. The number of hydrogen-bond acceptors (Lipinski definition) is 6. The minimum absolute atomic E-state index is 0.0172. The number of likely N-dealkylation sites (N-methyl/N-ethyl adjacent to an activating group) is 1. The minimum Gasteiger partial charge on any atom is -0.454 e. The zero-order valence-corrected chi connectivity index (χ0v) is 21.7. The molecule has 0 fully saturated rings. The minimum atomic E-state index is -4.65. The zero-order chi connectivity index (χ0) is 28.7. The molecule has 0 atom stereocenters. The first-order valence-electron chi connectivity index (χ1n) is 12.5. The molecule has 2 N–H and O–H groups in total. The van der Waals surface area contributed by atoms with Crippen LogP contribution in [0.15, 0.2) is 67.1 Å². The maximum absolute atomic E-state index is 14.8. The van der Waals surface area contributed by atoms with E-state index in [9.17, 15) is 22.4 Å². The van der Waals surface area contributed by atoms with Crippen molar-refractivity contribution in [3.63, 3.8) is 0 Å². The zero-order valence-electron chi connectivity index (χ0n) is 21.7. The number of nitrogens with zero attached hydrogens (tertiary/aromatic N) is 5. The molecule has 0 saturated carbocycles. The quantitative estimate of drug-likeness (QED) is 0.223. The van der Waals surface area contributed by atoms with Crippen LogP contribution in [-0.4, -0.2) is 50.3 Å². The second kappa shape index (κ2) is 12.6. The summed E-state index contributed by atoms with van der Waals surface area (Å²) in [6, 6.07) is 10.4. The SMILES string of the molecule is CCN(CC)CCn1cnnc1-c1cc(Oc2ccc(NC(=O)Nc3ccccc3C(F)(F)F)cc2F)ccn1. The number of aromatic nitrogens is 4. The molecule has 2 heterocycles. The van der Waals surface area contributed by atoms with E-state index in [1.807, 2.05) is 4.57 Å². The van der Waals surface area contributed by atoms with Crippen LogP contribution >= 0.6 is 0 Å². The number of hydrogen-bond donors (Lipinski definition) is 2. The number of carbonyl (C=O) groups is 1. The molecule has 9 nitrogen and oxygen atoms in total. The number of amides is 2. The lowest BCUT2D eigenvalue weighted by atomic mass is 10.1. The first-order valence-corrected chi connectivity index (χ1v) is 12.5. The van der Waals surface area contributed by atoms with E-state index in [2.05, 4.69) is 44.6 Å². The van der Waals surface area contributed by atoms with Gasteiger partial charge in [-0.05, 0) is 43.4 Å². The normalized spacial score (nSPS) is 11.5. The predicted octanol–water partition coefficient (Wildman–Crippen LogP) is 6.28. The molecular weight excluding hydrogens is 530 g/mol. The van der Waals surface area contributed by atoms with Gasteiger partial charge in [0.25, 0.3) is 0 Å². The van der Waals surface area contributed by atoms with E-state index in [0.29, 0.717) is 23.8 Å². The summed E-state index contributed by atoms with van der Waals surface area (Å²) in [5.41, 5.74) is -0.920. The topological polar surface area (TPSA) is 97.2 Å². The van der Waals surface area contributed by atoms with Crippen LogP contribution in [0, 0.1) is 5.82 Å². The van der Waals surface area contributed by atoms with Crippen LogP contribution in [0.4, 0.5) is 33.7 Å². The highest BCUT2D eigenvalue weighted by Gasteiger charge is 2.33. The van der Waals surface area contributed by atoms with Gasteiger partial charge in [0.15, 0.2) is 17.4 Å². The number of alkyl halides is 3. The summed E-state index contributed by atoms with van der Waals surface area (Å²) < 4.78 is 61.9. The van der Waals surface area contributed by atoms with Crippen LogP contribution in [0.2, 0.25) is 0 Å². The molecule has 4 rings (SSSR count). The Kier molecular flexibility index (Phi) is 8.94. The van der Waals surface area contributed by atoms with Crippen LogP contribution in [0.1, 0.15) is 19.4 Å². The predicted molar refractivity (Wildman–Crippen MR) is 142 cm³/mol. The third-order valence-corrected chi connectivity index (χ3v) is 6.03. The van der Waals surface area contributed by atoms with Crippen molar-refractivity contribution in [2.75, 3.05) is 30.3 Å².